The Kier molecular flexibility index (Phi) is 4.42. The first-order valence-corrected chi connectivity index (χ1v) is 8.59. The van der Waals surface area contributed by atoms with Crippen LogP contribution in [0.5, 0.6) is 5.75 Å². The van der Waals surface area contributed by atoms with Gasteiger partial charge in [0.05, 0.1) is 24.6 Å². The van der Waals surface area contributed by atoms with E-state index in [1.165, 1.54) is 18.0 Å². The number of hydrogen-bond donors (Lipinski definition) is 3. The normalized spacial score (nSPS) is 15.9. The molecule has 1 aliphatic heterocycles. The molecule has 0 saturated heterocycles. The summed E-state index contributed by atoms with van der Waals surface area (Å²) in [5.74, 6) is -3.40. The van der Waals surface area contributed by atoms with Crippen LogP contribution < -0.4 is 11.1 Å². The summed E-state index contributed by atoms with van der Waals surface area (Å²) in [4.78, 5) is 42.9. The number of nitrogens with zero attached hydrogens (tertiary/aromatic N) is 1. The number of amides is 1. The Morgan fingerprint density at radius 3 is 2.52 bits per heavy atom. The number of aromatic hydroxyl groups is 1. The molecule has 0 radical (unpaired) electrons. The molecule has 0 saturated carbocycles. The maximum atomic E-state index is 13.9. The molecule has 150 valence electrons. The van der Waals surface area contributed by atoms with Crippen molar-refractivity contribution in [1.82, 2.24) is 14.9 Å². The molecule has 0 bridgehead atoms. The van der Waals surface area contributed by atoms with Crippen molar-refractivity contribution >= 4 is 16.7 Å². The second-order valence-electron chi connectivity index (χ2n) is 6.69. The zero-order chi connectivity index (χ0) is 20.9. The van der Waals surface area contributed by atoms with E-state index in [0.717, 1.165) is 18.2 Å². The van der Waals surface area contributed by atoms with Crippen molar-refractivity contribution in [1.29, 1.82) is 0 Å². The van der Waals surface area contributed by atoms with E-state index in [2.05, 4.69) is 9.97 Å². The Hall–Kier alpha value is -3.53. The lowest BCUT2D eigenvalue weighted by atomic mass is 9.95. The number of halogens is 2. The van der Waals surface area contributed by atoms with E-state index in [4.69, 9.17) is 4.74 Å². The number of aromatic nitrogens is 2. The minimum atomic E-state index is -1.15. The molecule has 0 unspecified atom stereocenters. The summed E-state index contributed by atoms with van der Waals surface area (Å²) in [5, 5.41) is 9.48. The molecule has 8 nitrogen and oxygen atoms in total. The van der Waals surface area contributed by atoms with E-state index >= 15 is 0 Å². The van der Waals surface area contributed by atoms with Crippen molar-refractivity contribution in [3.8, 4) is 5.75 Å². The summed E-state index contributed by atoms with van der Waals surface area (Å²) in [6.45, 7) is 0.0752. The number of likely N-dealkylation sites (N-methyl/N-ethyl adjacent to an activating group) is 1. The fourth-order valence-electron chi connectivity index (χ4n) is 3.47. The van der Waals surface area contributed by atoms with Crippen LogP contribution in [0.3, 0.4) is 0 Å². The fourth-order valence-corrected chi connectivity index (χ4v) is 3.47. The van der Waals surface area contributed by atoms with E-state index < -0.39 is 40.5 Å². The molecular formula is C19H15F2N3O5. The van der Waals surface area contributed by atoms with Gasteiger partial charge in [-0.25, -0.2) is 8.78 Å². The van der Waals surface area contributed by atoms with Gasteiger partial charge in [-0.3, -0.25) is 14.4 Å². The van der Waals surface area contributed by atoms with Crippen molar-refractivity contribution in [2.45, 2.75) is 12.6 Å². The summed E-state index contributed by atoms with van der Waals surface area (Å²) in [7, 11) is 1.45. The number of benzene rings is 1. The fraction of sp³-hybridized carbons (Fsp3) is 0.211. The average Bonchev–Trinajstić information content (AvgIpc) is 2.70. The first-order chi connectivity index (χ1) is 13.8. The third-order valence-corrected chi connectivity index (χ3v) is 4.95. The van der Waals surface area contributed by atoms with Crippen molar-refractivity contribution in [3.63, 3.8) is 0 Å². The predicted molar refractivity (Wildman–Crippen MR) is 97.7 cm³/mol. The molecular weight excluding hydrogens is 388 g/mol. The van der Waals surface area contributed by atoms with Crippen molar-refractivity contribution < 1.29 is 23.4 Å². The maximum Gasteiger partial charge on any atom is 0.290 e. The highest BCUT2D eigenvalue weighted by atomic mass is 19.2. The topological polar surface area (TPSA) is 115 Å². The number of hydrogen-bond acceptors (Lipinski definition) is 5. The molecule has 1 atom stereocenters. The van der Waals surface area contributed by atoms with E-state index in [0.29, 0.717) is 11.3 Å². The van der Waals surface area contributed by atoms with Crippen molar-refractivity contribution in [2.24, 2.45) is 0 Å². The highest BCUT2D eigenvalue weighted by molar-refractivity contribution is 5.93. The van der Waals surface area contributed by atoms with Crippen molar-refractivity contribution in [2.75, 3.05) is 13.7 Å². The molecule has 10 heteroatoms. The molecule has 1 aliphatic rings. The number of aromatic amines is 2. The molecule has 29 heavy (non-hydrogen) atoms. The number of carbonyl (C=O) groups is 1. The molecule has 4 rings (SSSR count). The highest BCUT2D eigenvalue weighted by Crippen LogP contribution is 2.34. The minimum Gasteiger partial charge on any atom is -0.503 e. The van der Waals surface area contributed by atoms with Gasteiger partial charge < -0.3 is 24.7 Å². The van der Waals surface area contributed by atoms with Gasteiger partial charge in [-0.1, -0.05) is 0 Å². The highest BCUT2D eigenvalue weighted by Gasteiger charge is 2.31. The second kappa shape index (κ2) is 6.82. The number of fused-ring (bicyclic) bond motifs is 3. The molecule has 1 amide bonds. The van der Waals surface area contributed by atoms with Gasteiger partial charge in [-0.15, -0.1) is 0 Å². The number of ether oxygens (including phenoxy) is 1. The summed E-state index contributed by atoms with van der Waals surface area (Å²) in [6.07, 6.45) is 0. The van der Waals surface area contributed by atoms with Gasteiger partial charge in [0, 0.05) is 18.3 Å². The van der Waals surface area contributed by atoms with Gasteiger partial charge in [0.25, 0.3) is 17.0 Å². The number of rotatable bonds is 2. The van der Waals surface area contributed by atoms with Gasteiger partial charge in [0.1, 0.15) is 5.69 Å². The summed E-state index contributed by atoms with van der Waals surface area (Å²) >= 11 is 0. The van der Waals surface area contributed by atoms with Crippen LogP contribution in [0.1, 0.15) is 27.8 Å². The Labute approximate surface area is 161 Å². The third kappa shape index (κ3) is 3.07. The quantitative estimate of drug-likeness (QED) is 0.601. The van der Waals surface area contributed by atoms with Gasteiger partial charge in [0.2, 0.25) is 0 Å². The van der Waals surface area contributed by atoms with Gasteiger partial charge in [-0.05, 0) is 29.7 Å². The number of pyridine rings is 2. The van der Waals surface area contributed by atoms with Crippen LogP contribution >= 0.6 is 0 Å². The third-order valence-electron chi connectivity index (χ3n) is 4.95. The van der Waals surface area contributed by atoms with E-state index in [9.17, 15) is 28.3 Å². The molecule has 0 fully saturated rings. The lowest BCUT2D eigenvalue weighted by Crippen LogP contribution is -2.38. The molecule has 1 aromatic carbocycles. The first-order valence-electron chi connectivity index (χ1n) is 8.59. The Bertz CT molecular complexity index is 1270. The van der Waals surface area contributed by atoms with Crippen LogP contribution in [0.25, 0.3) is 10.8 Å². The van der Waals surface area contributed by atoms with Crippen LogP contribution in [0.2, 0.25) is 0 Å². The summed E-state index contributed by atoms with van der Waals surface area (Å²) in [6, 6.07) is 3.34. The van der Waals surface area contributed by atoms with Gasteiger partial charge in [0.15, 0.2) is 17.4 Å². The number of carbonyl (C=O) groups excluding carboxylic acids is 1. The zero-order valence-electron chi connectivity index (χ0n) is 15.1. The van der Waals surface area contributed by atoms with E-state index in [1.807, 2.05) is 0 Å². The predicted octanol–water partition coefficient (Wildman–Crippen LogP) is 1.54. The maximum absolute atomic E-state index is 13.9. The van der Waals surface area contributed by atoms with Crippen LogP contribution in [-0.2, 0) is 11.3 Å². The Balaban J connectivity index is 1.85. The SMILES string of the molecule is CN(C(=O)c1ccc(O)c(=O)[nH]1)[C@@H]1COCc2[nH]c(=O)c3cc(F)c(F)cc3c21. The van der Waals surface area contributed by atoms with E-state index in [1.54, 1.807) is 0 Å². The summed E-state index contributed by atoms with van der Waals surface area (Å²) < 4.78 is 33.1. The Morgan fingerprint density at radius 1 is 1.14 bits per heavy atom. The lowest BCUT2D eigenvalue weighted by Gasteiger charge is -2.33. The average molecular weight is 403 g/mol. The molecule has 3 heterocycles. The zero-order valence-corrected chi connectivity index (χ0v) is 15.1. The van der Waals surface area contributed by atoms with E-state index in [-0.39, 0.29) is 29.7 Å². The molecule has 3 aromatic rings. The molecule has 3 N–H and O–H groups in total. The van der Waals surface area contributed by atoms with Crippen molar-refractivity contribution in [3.05, 3.63) is 73.6 Å². The van der Waals surface area contributed by atoms with Crippen LogP contribution in [0.4, 0.5) is 8.78 Å². The van der Waals surface area contributed by atoms with Crippen LogP contribution in [0, 0.1) is 11.6 Å². The largest absolute Gasteiger partial charge is 0.503 e. The monoisotopic (exact) mass is 403 g/mol. The number of H-pyrrole nitrogens is 2. The van der Waals surface area contributed by atoms with Gasteiger partial charge >= 0.3 is 0 Å². The molecule has 0 spiro atoms. The molecule has 0 aliphatic carbocycles. The first kappa shape index (κ1) is 18.8. The summed E-state index contributed by atoms with van der Waals surface area (Å²) in [5.41, 5.74) is -0.714. The Morgan fingerprint density at radius 2 is 1.83 bits per heavy atom. The van der Waals surface area contributed by atoms with Crippen LogP contribution in [0.15, 0.2) is 33.9 Å². The molecule has 2 aromatic heterocycles. The number of nitrogens with one attached hydrogen (secondary N) is 2. The smallest absolute Gasteiger partial charge is 0.290 e. The standard InChI is InChI=1S/C19H15F2N3O5/c1-24(19(28)12-2-3-15(25)18(27)22-12)14-7-29-6-13-16(14)8-4-10(20)11(21)5-9(8)17(26)23-13/h2-5,14,25H,6-7H2,1H3,(H,22,27)(H,23,26)/t14-/m1/s1. The second-order valence-corrected chi connectivity index (χ2v) is 6.69. The minimum absolute atomic E-state index is 0.0358. The van der Waals surface area contributed by atoms with Gasteiger partial charge in [-0.2, -0.15) is 0 Å². The lowest BCUT2D eigenvalue weighted by molar-refractivity contribution is 0.0332. The van der Waals surface area contributed by atoms with Crippen LogP contribution in [-0.4, -0.2) is 39.5 Å².